The third-order valence-electron chi connectivity index (χ3n) is 4.65. The topological polar surface area (TPSA) is 70.0 Å². The van der Waals surface area contributed by atoms with E-state index in [1.807, 2.05) is 63.5 Å². The number of fused-ring (bicyclic) bond motifs is 1. The lowest BCUT2D eigenvalue weighted by Crippen LogP contribution is -2.32. The van der Waals surface area contributed by atoms with Gasteiger partial charge in [-0.1, -0.05) is 24.3 Å². The molecule has 152 valence electrons. The van der Waals surface area contributed by atoms with Crippen molar-refractivity contribution < 1.29 is 9.59 Å². The maximum atomic E-state index is 13.3. The summed E-state index contributed by atoms with van der Waals surface area (Å²) in [4.78, 5) is 34.2. The summed E-state index contributed by atoms with van der Waals surface area (Å²) in [6.07, 6.45) is 2.60. The molecule has 2 heterocycles. The van der Waals surface area contributed by atoms with Crippen molar-refractivity contribution in [2.24, 2.45) is 0 Å². The number of carbonyl (C=O) groups excluding carboxylic acids is 2. The fourth-order valence-corrected chi connectivity index (χ4v) is 3.21. The summed E-state index contributed by atoms with van der Waals surface area (Å²) in [6, 6.07) is 14.9. The van der Waals surface area contributed by atoms with E-state index in [2.05, 4.69) is 15.2 Å². The lowest BCUT2D eigenvalue weighted by molar-refractivity contribution is 0.0949. The summed E-state index contributed by atoms with van der Waals surface area (Å²) < 4.78 is 1.68. The molecule has 0 aliphatic rings. The molecule has 1 N–H and O–H groups in total. The quantitative estimate of drug-likeness (QED) is 0.598. The Labute approximate surface area is 171 Å². The Balaban J connectivity index is 1.89. The van der Waals surface area contributed by atoms with Crippen molar-refractivity contribution in [2.75, 3.05) is 38.6 Å². The molecular formula is C22H27N5O2. The normalized spacial score (nSPS) is 11.0. The number of carbonyl (C=O) groups is 2. The number of benzene rings is 1. The number of aromatic nitrogens is 2. The standard InChI is InChI=1S/C22H27N5O2/c1-4-26(17-11-6-5-7-12-17)22(29)20-24-19(18-13-8-9-16-27(18)20)21(28)23-14-10-15-25(2)3/h5-9,11-13,16H,4,10,14-15H2,1-3H3,(H,23,28). The molecule has 2 aromatic heterocycles. The van der Waals surface area contributed by atoms with E-state index in [1.54, 1.807) is 21.6 Å². The number of pyridine rings is 1. The molecule has 3 aromatic rings. The first-order valence-corrected chi connectivity index (χ1v) is 9.79. The molecule has 29 heavy (non-hydrogen) atoms. The largest absolute Gasteiger partial charge is 0.351 e. The molecule has 1 aromatic carbocycles. The van der Waals surface area contributed by atoms with Crippen molar-refractivity contribution in [2.45, 2.75) is 13.3 Å². The van der Waals surface area contributed by atoms with E-state index in [4.69, 9.17) is 0 Å². The third kappa shape index (κ3) is 4.63. The van der Waals surface area contributed by atoms with E-state index >= 15 is 0 Å². The highest BCUT2D eigenvalue weighted by Crippen LogP contribution is 2.19. The van der Waals surface area contributed by atoms with Crippen LogP contribution in [0.3, 0.4) is 0 Å². The van der Waals surface area contributed by atoms with E-state index in [9.17, 15) is 9.59 Å². The molecule has 3 rings (SSSR count). The van der Waals surface area contributed by atoms with Gasteiger partial charge < -0.3 is 15.1 Å². The molecule has 0 saturated carbocycles. The molecule has 0 saturated heterocycles. The molecule has 0 fully saturated rings. The second-order valence-corrected chi connectivity index (χ2v) is 7.04. The van der Waals surface area contributed by atoms with Crippen LogP contribution in [-0.2, 0) is 0 Å². The second kappa shape index (κ2) is 9.34. The summed E-state index contributed by atoms with van der Waals surface area (Å²) in [5.74, 6) is -0.287. The number of imidazole rings is 1. The summed E-state index contributed by atoms with van der Waals surface area (Å²) in [6.45, 7) is 3.85. The van der Waals surface area contributed by atoms with Crippen LogP contribution in [-0.4, -0.2) is 59.8 Å². The summed E-state index contributed by atoms with van der Waals surface area (Å²) >= 11 is 0. The highest BCUT2D eigenvalue weighted by Gasteiger charge is 2.25. The minimum atomic E-state index is -0.269. The van der Waals surface area contributed by atoms with Gasteiger partial charge in [-0.2, -0.15) is 0 Å². The van der Waals surface area contributed by atoms with Gasteiger partial charge in [0.15, 0.2) is 5.69 Å². The lowest BCUT2D eigenvalue weighted by atomic mass is 10.3. The predicted octanol–water partition coefficient (Wildman–Crippen LogP) is 2.68. The van der Waals surface area contributed by atoms with Crippen molar-refractivity contribution in [3.8, 4) is 0 Å². The van der Waals surface area contributed by atoms with Crippen LogP contribution in [0.25, 0.3) is 5.52 Å². The van der Waals surface area contributed by atoms with Crippen molar-refractivity contribution in [1.29, 1.82) is 0 Å². The van der Waals surface area contributed by atoms with Crippen LogP contribution in [0.1, 0.15) is 34.5 Å². The van der Waals surface area contributed by atoms with Gasteiger partial charge in [0.1, 0.15) is 0 Å². The predicted molar refractivity (Wildman–Crippen MR) is 114 cm³/mol. The molecule has 0 atom stereocenters. The Morgan fingerprint density at radius 2 is 1.79 bits per heavy atom. The zero-order chi connectivity index (χ0) is 20.8. The van der Waals surface area contributed by atoms with Gasteiger partial charge in [-0.15, -0.1) is 0 Å². The van der Waals surface area contributed by atoms with Crippen LogP contribution in [0, 0.1) is 0 Å². The number of amides is 2. The van der Waals surface area contributed by atoms with E-state index in [-0.39, 0.29) is 23.3 Å². The molecule has 0 spiro atoms. The number of hydrogen-bond acceptors (Lipinski definition) is 4. The number of rotatable bonds is 8. The van der Waals surface area contributed by atoms with Gasteiger partial charge in [0.2, 0.25) is 5.82 Å². The number of nitrogens with one attached hydrogen (secondary N) is 1. The monoisotopic (exact) mass is 393 g/mol. The molecule has 7 heteroatoms. The van der Waals surface area contributed by atoms with Crippen LogP contribution >= 0.6 is 0 Å². The molecule has 0 unspecified atom stereocenters. The van der Waals surface area contributed by atoms with E-state index in [0.29, 0.717) is 18.6 Å². The Morgan fingerprint density at radius 1 is 1.07 bits per heavy atom. The Bertz CT molecular complexity index is 981. The molecular weight excluding hydrogens is 366 g/mol. The van der Waals surface area contributed by atoms with Gasteiger partial charge in [-0.3, -0.25) is 14.0 Å². The van der Waals surface area contributed by atoms with Crippen LogP contribution in [0.5, 0.6) is 0 Å². The fraction of sp³-hybridized carbons (Fsp3) is 0.318. The van der Waals surface area contributed by atoms with Crippen LogP contribution in [0.4, 0.5) is 5.69 Å². The van der Waals surface area contributed by atoms with Crippen LogP contribution in [0.15, 0.2) is 54.7 Å². The van der Waals surface area contributed by atoms with Crippen LogP contribution < -0.4 is 10.2 Å². The van der Waals surface area contributed by atoms with Gasteiger partial charge in [0.25, 0.3) is 11.8 Å². The summed E-state index contributed by atoms with van der Waals surface area (Å²) in [5, 5.41) is 2.91. The highest BCUT2D eigenvalue weighted by atomic mass is 16.2. The zero-order valence-corrected chi connectivity index (χ0v) is 17.1. The molecule has 0 aliphatic heterocycles. The molecule has 0 aliphatic carbocycles. The molecule has 7 nitrogen and oxygen atoms in total. The average Bonchev–Trinajstić information content (AvgIpc) is 3.12. The van der Waals surface area contributed by atoms with Gasteiger partial charge >= 0.3 is 0 Å². The van der Waals surface area contributed by atoms with Crippen LogP contribution in [0.2, 0.25) is 0 Å². The van der Waals surface area contributed by atoms with Gasteiger partial charge in [-0.25, -0.2) is 4.98 Å². The van der Waals surface area contributed by atoms with Gasteiger partial charge in [0, 0.05) is 25.0 Å². The van der Waals surface area contributed by atoms with Crippen molar-refractivity contribution in [3.05, 3.63) is 66.2 Å². The second-order valence-electron chi connectivity index (χ2n) is 7.04. The van der Waals surface area contributed by atoms with E-state index in [1.165, 1.54) is 0 Å². The number of hydrogen-bond donors (Lipinski definition) is 1. The number of anilines is 1. The first-order chi connectivity index (χ1) is 14.0. The zero-order valence-electron chi connectivity index (χ0n) is 17.1. The summed E-state index contributed by atoms with van der Waals surface area (Å²) in [7, 11) is 3.99. The third-order valence-corrected chi connectivity index (χ3v) is 4.65. The number of nitrogens with zero attached hydrogens (tertiary/aromatic N) is 4. The van der Waals surface area contributed by atoms with Crippen molar-refractivity contribution >= 4 is 23.0 Å². The number of para-hydroxylation sites is 1. The van der Waals surface area contributed by atoms with Gasteiger partial charge in [-0.05, 0) is 58.3 Å². The van der Waals surface area contributed by atoms with E-state index < -0.39 is 0 Å². The Morgan fingerprint density at radius 3 is 2.48 bits per heavy atom. The maximum Gasteiger partial charge on any atom is 0.294 e. The molecule has 0 radical (unpaired) electrons. The molecule has 0 bridgehead atoms. The van der Waals surface area contributed by atoms with Crippen molar-refractivity contribution in [3.63, 3.8) is 0 Å². The SMILES string of the molecule is CCN(C(=O)c1nc(C(=O)NCCCN(C)C)c2ccccn12)c1ccccc1. The minimum absolute atomic E-state index is 0.227. The van der Waals surface area contributed by atoms with Crippen molar-refractivity contribution in [1.82, 2.24) is 19.6 Å². The summed E-state index contributed by atoms with van der Waals surface area (Å²) in [5.41, 5.74) is 1.68. The molecule has 2 amide bonds. The van der Waals surface area contributed by atoms with E-state index in [0.717, 1.165) is 18.7 Å². The Kier molecular flexibility index (Phi) is 6.61. The Hall–Kier alpha value is -3.19. The lowest BCUT2D eigenvalue weighted by Gasteiger charge is -2.20. The average molecular weight is 393 g/mol. The fourth-order valence-electron chi connectivity index (χ4n) is 3.21. The highest BCUT2D eigenvalue weighted by molar-refractivity contribution is 6.07. The first kappa shape index (κ1) is 20.5. The first-order valence-electron chi connectivity index (χ1n) is 9.79. The smallest absolute Gasteiger partial charge is 0.294 e. The maximum absolute atomic E-state index is 13.3. The van der Waals surface area contributed by atoms with Gasteiger partial charge in [0.05, 0.1) is 5.52 Å². The minimum Gasteiger partial charge on any atom is -0.351 e.